The molecule has 0 amide bonds. The van der Waals surface area contributed by atoms with Crippen LogP contribution in [0, 0.1) is 0 Å². The Labute approximate surface area is 143 Å². The molecule has 0 aliphatic carbocycles. The van der Waals surface area contributed by atoms with Crippen LogP contribution < -0.4 is 20.5 Å². The van der Waals surface area contributed by atoms with Crippen LogP contribution in [0.2, 0.25) is 0 Å². The molecule has 0 atom stereocenters. The van der Waals surface area contributed by atoms with E-state index in [0.29, 0.717) is 5.75 Å². The van der Waals surface area contributed by atoms with Gasteiger partial charge in [-0.1, -0.05) is 0 Å². The molecule has 0 aliphatic rings. The number of hydrogen-bond acceptors (Lipinski definition) is 3. The monoisotopic (exact) mass is 353 g/mol. The minimum Gasteiger partial charge on any atom is -0.497 e. The van der Waals surface area contributed by atoms with E-state index in [9.17, 15) is 13.2 Å². The Morgan fingerprint density at radius 3 is 2.20 bits per heavy atom. The molecule has 0 heterocycles. The summed E-state index contributed by atoms with van der Waals surface area (Å²) in [6.45, 7) is 0.451. The number of methoxy groups -OCH3 is 1. The normalized spacial score (nSPS) is 11.9. The van der Waals surface area contributed by atoms with E-state index < -0.39 is 11.7 Å². The lowest BCUT2D eigenvalue weighted by molar-refractivity contribution is -0.137. The lowest BCUT2D eigenvalue weighted by atomic mass is 10.2. The van der Waals surface area contributed by atoms with E-state index in [1.54, 1.807) is 31.4 Å². The zero-order valence-corrected chi connectivity index (χ0v) is 13.5. The van der Waals surface area contributed by atoms with E-state index in [4.69, 9.17) is 15.2 Å². The Hall–Kier alpha value is -2.90. The number of alkyl halides is 3. The molecule has 0 unspecified atom stereocenters. The van der Waals surface area contributed by atoms with Crippen LogP contribution in [0.15, 0.2) is 53.5 Å². The Bertz CT molecular complexity index is 699. The number of aliphatic imine (C=N–C) groups is 1. The third-order valence-corrected chi connectivity index (χ3v) is 3.19. The van der Waals surface area contributed by atoms with Crippen LogP contribution in [0.1, 0.15) is 5.56 Å². The van der Waals surface area contributed by atoms with E-state index in [2.05, 4.69) is 10.3 Å². The van der Waals surface area contributed by atoms with Crippen LogP contribution in [-0.2, 0) is 6.18 Å². The molecule has 0 fully saturated rings. The molecule has 3 N–H and O–H groups in total. The quantitative estimate of drug-likeness (QED) is 0.474. The first-order chi connectivity index (χ1) is 11.9. The summed E-state index contributed by atoms with van der Waals surface area (Å²) in [5, 5.41) is 2.91. The highest BCUT2D eigenvalue weighted by Gasteiger charge is 2.29. The molecular weight excluding hydrogens is 335 g/mol. The largest absolute Gasteiger partial charge is 0.497 e. The molecule has 2 aromatic carbocycles. The topological polar surface area (TPSA) is 68.9 Å². The minimum atomic E-state index is -4.36. The van der Waals surface area contributed by atoms with Crippen molar-refractivity contribution >= 4 is 11.6 Å². The van der Waals surface area contributed by atoms with E-state index in [0.717, 1.165) is 23.6 Å². The second kappa shape index (κ2) is 8.27. The van der Waals surface area contributed by atoms with Gasteiger partial charge in [-0.05, 0) is 48.5 Å². The maximum absolute atomic E-state index is 12.4. The van der Waals surface area contributed by atoms with Gasteiger partial charge in [0.05, 0.1) is 19.2 Å². The van der Waals surface area contributed by atoms with Gasteiger partial charge < -0.3 is 20.5 Å². The third kappa shape index (κ3) is 5.91. The van der Waals surface area contributed by atoms with Crippen LogP contribution in [0.25, 0.3) is 0 Å². The summed E-state index contributed by atoms with van der Waals surface area (Å²) < 4.78 is 47.7. The Kier molecular flexibility index (Phi) is 6.10. The molecule has 2 aromatic rings. The number of halogens is 3. The van der Waals surface area contributed by atoms with E-state index in [1.165, 1.54) is 12.1 Å². The zero-order chi connectivity index (χ0) is 18.3. The second-order valence-corrected chi connectivity index (χ2v) is 4.99. The number of guanidine groups is 1. The average Bonchev–Trinajstić information content (AvgIpc) is 2.59. The summed E-state index contributed by atoms with van der Waals surface area (Å²) in [7, 11) is 1.58. The predicted molar refractivity (Wildman–Crippen MR) is 90.0 cm³/mol. The van der Waals surface area contributed by atoms with E-state index >= 15 is 0 Å². The van der Waals surface area contributed by atoms with Gasteiger partial charge in [0.15, 0.2) is 5.96 Å². The number of rotatable bonds is 6. The molecule has 0 spiro atoms. The van der Waals surface area contributed by atoms with Crippen molar-refractivity contribution in [3.63, 3.8) is 0 Å². The predicted octanol–water partition coefficient (Wildman–Crippen LogP) is 3.52. The van der Waals surface area contributed by atoms with Crippen molar-refractivity contribution in [2.75, 3.05) is 25.6 Å². The standard InChI is InChI=1S/C17H18F3N3O2/c1-24-14-8-4-13(5-9-14)23-16(21)22-10-11-25-15-6-2-12(3-7-15)17(18,19)20/h2-9H,10-11H2,1H3,(H3,21,22,23). The number of ether oxygens (including phenoxy) is 2. The molecule has 134 valence electrons. The highest BCUT2D eigenvalue weighted by Crippen LogP contribution is 2.30. The maximum Gasteiger partial charge on any atom is 0.416 e. The molecule has 0 aliphatic heterocycles. The van der Waals surface area contributed by atoms with E-state index in [-0.39, 0.29) is 19.1 Å². The van der Waals surface area contributed by atoms with Crippen molar-refractivity contribution in [1.29, 1.82) is 0 Å². The molecular formula is C17H18F3N3O2. The molecule has 0 bridgehead atoms. The van der Waals surface area contributed by atoms with Crippen LogP contribution in [0.3, 0.4) is 0 Å². The van der Waals surface area contributed by atoms with Gasteiger partial charge in [0.1, 0.15) is 18.1 Å². The van der Waals surface area contributed by atoms with Gasteiger partial charge in [0.25, 0.3) is 0 Å². The summed E-state index contributed by atoms with van der Waals surface area (Å²) in [6, 6.07) is 11.6. The fourth-order valence-electron chi connectivity index (χ4n) is 1.93. The molecule has 0 aromatic heterocycles. The van der Waals surface area contributed by atoms with Crippen molar-refractivity contribution in [2.24, 2.45) is 10.7 Å². The first-order valence-corrected chi connectivity index (χ1v) is 7.39. The first-order valence-electron chi connectivity index (χ1n) is 7.39. The average molecular weight is 353 g/mol. The molecule has 8 heteroatoms. The number of nitrogens with zero attached hydrogens (tertiary/aromatic N) is 1. The molecule has 2 rings (SSSR count). The van der Waals surface area contributed by atoms with Crippen LogP contribution in [0.4, 0.5) is 18.9 Å². The van der Waals surface area contributed by atoms with Gasteiger partial charge in [0.2, 0.25) is 0 Å². The number of benzene rings is 2. The molecule has 0 saturated carbocycles. The number of nitrogens with one attached hydrogen (secondary N) is 1. The molecule has 5 nitrogen and oxygen atoms in total. The van der Waals surface area contributed by atoms with Crippen molar-refractivity contribution < 1.29 is 22.6 Å². The Balaban J connectivity index is 1.78. The van der Waals surface area contributed by atoms with Gasteiger partial charge in [-0.2, -0.15) is 13.2 Å². The SMILES string of the molecule is COc1ccc(NC(N)=NCCOc2ccc(C(F)(F)F)cc2)cc1. The summed E-state index contributed by atoms with van der Waals surface area (Å²) in [6.07, 6.45) is -4.36. The number of nitrogens with two attached hydrogens (primary N) is 1. The minimum absolute atomic E-state index is 0.191. The lowest BCUT2D eigenvalue weighted by Crippen LogP contribution is -2.23. The van der Waals surface area contributed by atoms with Gasteiger partial charge in [-0.3, -0.25) is 0 Å². The third-order valence-electron chi connectivity index (χ3n) is 3.19. The highest BCUT2D eigenvalue weighted by atomic mass is 19.4. The van der Waals surface area contributed by atoms with Gasteiger partial charge >= 0.3 is 6.18 Å². The Morgan fingerprint density at radius 1 is 1.04 bits per heavy atom. The van der Waals surface area contributed by atoms with Crippen LogP contribution in [0.5, 0.6) is 11.5 Å². The van der Waals surface area contributed by atoms with Crippen LogP contribution in [-0.4, -0.2) is 26.2 Å². The lowest BCUT2D eigenvalue weighted by Gasteiger charge is -2.09. The molecule has 0 radical (unpaired) electrons. The van der Waals surface area contributed by atoms with Gasteiger partial charge in [0, 0.05) is 5.69 Å². The number of anilines is 1. The zero-order valence-electron chi connectivity index (χ0n) is 13.5. The van der Waals surface area contributed by atoms with Crippen molar-refractivity contribution in [1.82, 2.24) is 0 Å². The highest BCUT2D eigenvalue weighted by molar-refractivity contribution is 5.92. The fourth-order valence-corrected chi connectivity index (χ4v) is 1.93. The molecule has 0 saturated heterocycles. The van der Waals surface area contributed by atoms with Crippen molar-refractivity contribution in [2.45, 2.75) is 6.18 Å². The van der Waals surface area contributed by atoms with Crippen molar-refractivity contribution in [3.05, 3.63) is 54.1 Å². The molecule has 25 heavy (non-hydrogen) atoms. The van der Waals surface area contributed by atoms with Crippen molar-refractivity contribution in [3.8, 4) is 11.5 Å². The second-order valence-electron chi connectivity index (χ2n) is 4.99. The number of hydrogen-bond donors (Lipinski definition) is 2. The summed E-state index contributed by atoms with van der Waals surface area (Å²) >= 11 is 0. The first kappa shape index (κ1) is 18.4. The van der Waals surface area contributed by atoms with Crippen LogP contribution >= 0.6 is 0 Å². The van der Waals surface area contributed by atoms with E-state index in [1.807, 2.05) is 0 Å². The van der Waals surface area contributed by atoms with Gasteiger partial charge in [-0.15, -0.1) is 0 Å². The smallest absolute Gasteiger partial charge is 0.416 e. The fraction of sp³-hybridized carbons (Fsp3) is 0.235. The summed E-state index contributed by atoms with van der Waals surface area (Å²) in [4.78, 5) is 4.08. The summed E-state index contributed by atoms with van der Waals surface area (Å²) in [5.74, 6) is 1.28. The maximum atomic E-state index is 12.4. The summed E-state index contributed by atoms with van der Waals surface area (Å²) in [5.41, 5.74) is 5.79. The Morgan fingerprint density at radius 2 is 1.64 bits per heavy atom. The van der Waals surface area contributed by atoms with Gasteiger partial charge in [-0.25, -0.2) is 4.99 Å².